The molecule has 0 aromatic carbocycles. The average Bonchev–Trinajstić information content (AvgIpc) is 2.12. The fourth-order valence-electron chi connectivity index (χ4n) is 0.602. The summed E-state index contributed by atoms with van der Waals surface area (Å²) in [5.74, 6) is -0.0764. The van der Waals surface area contributed by atoms with Gasteiger partial charge < -0.3 is 0 Å². The van der Waals surface area contributed by atoms with E-state index in [0.29, 0.717) is 5.69 Å². The molecule has 0 saturated carbocycles. The van der Waals surface area contributed by atoms with E-state index >= 15 is 0 Å². The van der Waals surface area contributed by atoms with Gasteiger partial charge in [-0.15, -0.1) is 0 Å². The van der Waals surface area contributed by atoms with Crippen LogP contribution in [0.4, 0.5) is 0 Å². The van der Waals surface area contributed by atoms with Crippen molar-refractivity contribution < 1.29 is 8.42 Å². The molecule has 4 nitrogen and oxygen atoms in total. The summed E-state index contributed by atoms with van der Waals surface area (Å²) in [4.78, 5) is 0. The van der Waals surface area contributed by atoms with Crippen molar-refractivity contribution in [2.45, 2.75) is 5.75 Å². The Morgan fingerprint density at radius 3 is 2.80 bits per heavy atom. The highest BCUT2D eigenvalue weighted by Gasteiger charge is 2.03. The van der Waals surface area contributed by atoms with Gasteiger partial charge in [-0.3, -0.25) is 5.10 Å². The molecule has 0 atom stereocenters. The summed E-state index contributed by atoms with van der Waals surface area (Å²) in [7, 11) is -3.17. The molecule has 1 N–H and O–H groups in total. The molecule has 0 aliphatic rings. The topological polar surface area (TPSA) is 62.8 Å². The van der Waals surface area contributed by atoms with E-state index in [1.54, 1.807) is 6.07 Å². The van der Waals surface area contributed by atoms with Crippen LogP contribution < -0.4 is 0 Å². The Labute approximate surface area is 59.2 Å². The lowest BCUT2D eigenvalue weighted by Crippen LogP contribution is -1.98. The van der Waals surface area contributed by atoms with E-state index in [1.807, 2.05) is 0 Å². The summed E-state index contributed by atoms with van der Waals surface area (Å²) in [6.45, 7) is 0. The van der Waals surface area contributed by atoms with Crippen molar-refractivity contribution >= 4 is 9.84 Å². The monoisotopic (exact) mass is 159 g/mol. The summed E-state index contributed by atoms with van der Waals surface area (Å²) in [5.41, 5.74) is 0.565. The molecule has 0 unspecified atom stereocenters. The predicted molar refractivity (Wildman–Crippen MR) is 36.6 cm³/mol. The number of hydrogen-bond acceptors (Lipinski definition) is 3. The van der Waals surface area contributed by atoms with Crippen molar-refractivity contribution in [2.24, 2.45) is 0 Å². The van der Waals surface area contributed by atoms with Crippen LogP contribution in [0.5, 0.6) is 0 Å². The third kappa shape index (κ3) is 2.18. The van der Waals surface area contributed by atoms with Crippen LogP contribution in [0.25, 0.3) is 0 Å². The molecule has 0 aliphatic carbocycles. The van der Waals surface area contributed by atoms with Crippen molar-refractivity contribution in [1.29, 1.82) is 0 Å². The largest absolute Gasteiger partial charge is 0.282 e. The first-order valence-corrected chi connectivity index (χ1v) is 4.44. The van der Waals surface area contributed by atoms with E-state index in [2.05, 4.69) is 16.5 Å². The molecular formula is C5H7N2O2S. The Morgan fingerprint density at radius 1 is 1.70 bits per heavy atom. The number of aromatic amines is 1. The van der Waals surface area contributed by atoms with Crippen LogP contribution >= 0.6 is 0 Å². The molecule has 1 rings (SSSR count). The lowest BCUT2D eigenvalue weighted by molar-refractivity contribution is 0.603. The first-order chi connectivity index (χ1) is 4.58. The normalized spacial score (nSPS) is 11.7. The summed E-state index contributed by atoms with van der Waals surface area (Å²) in [6, 6.07) is 1.60. The minimum Gasteiger partial charge on any atom is -0.282 e. The van der Waals surface area contributed by atoms with Gasteiger partial charge in [-0.2, -0.15) is 5.10 Å². The first-order valence-electron chi connectivity index (χ1n) is 2.62. The van der Waals surface area contributed by atoms with Gasteiger partial charge in [-0.05, 0) is 6.07 Å². The number of hydrogen-bond donors (Lipinski definition) is 1. The summed E-state index contributed by atoms with van der Waals surface area (Å²) < 4.78 is 21.1. The standard InChI is InChI=1S/C5H7N2O2S/c1-10(8,9)4-5-2-3-6-7-5/h2-3H,1,4H2,(H,6,7). The number of nitrogens with one attached hydrogen (secondary N) is 1. The highest BCUT2D eigenvalue weighted by Crippen LogP contribution is 1.99. The highest BCUT2D eigenvalue weighted by molar-refractivity contribution is 7.91. The number of rotatable bonds is 2. The van der Waals surface area contributed by atoms with Crippen LogP contribution in [0.2, 0.25) is 0 Å². The second-order valence-electron chi connectivity index (χ2n) is 1.97. The molecule has 0 fully saturated rings. The van der Waals surface area contributed by atoms with Crippen LogP contribution in [0.3, 0.4) is 0 Å². The van der Waals surface area contributed by atoms with Gasteiger partial charge in [0.2, 0.25) is 0 Å². The van der Waals surface area contributed by atoms with Crippen LogP contribution in [0.15, 0.2) is 12.3 Å². The first kappa shape index (κ1) is 7.27. The Morgan fingerprint density at radius 2 is 2.40 bits per heavy atom. The minimum atomic E-state index is -3.17. The van der Waals surface area contributed by atoms with Crippen LogP contribution in [0.1, 0.15) is 5.69 Å². The second-order valence-corrected chi connectivity index (χ2v) is 3.75. The SMILES string of the molecule is [CH2]S(=O)(=O)Cc1ccn[nH]1. The van der Waals surface area contributed by atoms with E-state index in [4.69, 9.17) is 0 Å². The predicted octanol–water partition coefficient (Wildman–Crippen LogP) is 0.116. The maximum absolute atomic E-state index is 10.5. The number of aromatic nitrogens is 2. The van der Waals surface area contributed by atoms with Crippen molar-refractivity contribution in [3.63, 3.8) is 0 Å². The molecule has 1 aromatic heterocycles. The average molecular weight is 159 g/mol. The lowest BCUT2D eigenvalue weighted by atomic mass is 10.5. The zero-order valence-electron chi connectivity index (χ0n) is 5.24. The molecule has 0 aliphatic heterocycles. The Kier molecular flexibility index (Phi) is 1.76. The maximum atomic E-state index is 10.5. The molecule has 1 heterocycles. The molecule has 0 amide bonds. The fraction of sp³-hybridized carbons (Fsp3) is 0.200. The van der Waals surface area contributed by atoms with Crippen LogP contribution in [-0.2, 0) is 15.6 Å². The third-order valence-corrected chi connectivity index (χ3v) is 1.68. The Bertz CT molecular complexity index is 287. The van der Waals surface area contributed by atoms with Gasteiger partial charge in [0.1, 0.15) is 0 Å². The quantitative estimate of drug-likeness (QED) is 0.666. The van der Waals surface area contributed by atoms with Crippen molar-refractivity contribution in [3.05, 3.63) is 24.2 Å². The molecule has 1 radical (unpaired) electrons. The highest BCUT2D eigenvalue weighted by atomic mass is 32.2. The third-order valence-electron chi connectivity index (χ3n) is 0.934. The van der Waals surface area contributed by atoms with E-state index in [9.17, 15) is 8.42 Å². The summed E-state index contributed by atoms with van der Waals surface area (Å²) in [6.07, 6.45) is 4.47. The zero-order chi connectivity index (χ0) is 7.61. The van der Waals surface area contributed by atoms with Gasteiger partial charge in [0.25, 0.3) is 0 Å². The van der Waals surface area contributed by atoms with Crippen molar-refractivity contribution in [3.8, 4) is 0 Å². The zero-order valence-corrected chi connectivity index (χ0v) is 6.06. The second kappa shape index (κ2) is 2.42. The van der Waals surface area contributed by atoms with Crippen molar-refractivity contribution in [1.82, 2.24) is 10.2 Å². The fourth-order valence-corrected chi connectivity index (χ4v) is 1.24. The van der Waals surface area contributed by atoms with Gasteiger partial charge in [0.15, 0.2) is 9.84 Å². The van der Waals surface area contributed by atoms with Gasteiger partial charge in [-0.25, -0.2) is 8.42 Å². The van der Waals surface area contributed by atoms with E-state index in [0.717, 1.165) is 0 Å². The smallest absolute Gasteiger partial charge is 0.156 e. The molecular weight excluding hydrogens is 152 g/mol. The van der Waals surface area contributed by atoms with E-state index in [1.165, 1.54) is 6.20 Å². The molecule has 10 heavy (non-hydrogen) atoms. The van der Waals surface area contributed by atoms with E-state index < -0.39 is 9.84 Å². The number of nitrogens with zero attached hydrogens (tertiary/aromatic N) is 1. The Balaban J connectivity index is 2.75. The van der Waals surface area contributed by atoms with Crippen LogP contribution in [-0.4, -0.2) is 18.6 Å². The molecule has 0 saturated heterocycles. The lowest BCUT2D eigenvalue weighted by Gasteiger charge is -1.90. The molecule has 1 aromatic rings. The van der Waals surface area contributed by atoms with Crippen molar-refractivity contribution in [2.75, 3.05) is 0 Å². The number of sulfone groups is 1. The van der Waals surface area contributed by atoms with E-state index in [-0.39, 0.29) is 5.75 Å². The summed E-state index contributed by atoms with van der Waals surface area (Å²) in [5, 5.41) is 6.11. The molecule has 5 heteroatoms. The minimum absolute atomic E-state index is 0.0764. The van der Waals surface area contributed by atoms with Gasteiger partial charge in [0.05, 0.1) is 17.7 Å². The van der Waals surface area contributed by atoms with Crippen LogP contribution in [0, 0.1) is 6.26 Å². The van der Waals surface area contributed by atoms with Gasteiger partial charge in [0, 0.05) is 6.20 Å². The summed E-state index contributed by atoms with van der Waals surface area (Å²) >= 11 is 0. The van der Waals surface area contributed by atoms with Gasteiger partial charge in [-0.1, -0.05) is 0 Å². The molecule has 55 valence electrons. The molecule has 0 spiro atoms. The Hall–Kier alpha value is -0.840. The maximum Gasteiger partial charge on any atom is 0.156 e. The number of H-pyrrole nitrogens is 1. The van der Waals surface area contributed by atoms with Gasteiger partial charge >= 0.3 is 0 Å². The molecule has 0 bridgehead atoms.